The Hall–Kier alpha value is -2.51. The van der Waals surface area contributed by atoms with Crippen LogP contribution in [0.2, 0.25) is 0 Å². The molecule has 0 saturated carbocycles. The molecule has 3 aromatic carbocycles. The molecule has 1 N–H and O–H groups in total. The molecule has 3 nitrogen and oxygen atoms in total. The second kappa shape index (κ2) is 11.0. The summed E-state index contributed by atoms with van der Waals surface area (Å²) in [6.07, 6.45) is 0. The highest BCUT2D eigenvalue weighted by Gasteiger charge is 2.17. The Bertz CT molecular complexity index is 916. The third kappa shape index (κ3) is 5.55. The molecular weight excluding hydrogens is 391 g/mol. The number of benzene rings is 3. The molecule has 0 spiro atoms. The lowest BCUT2D eigenvalue weighted by Crippen LogP contribution is -2.02. The number of methoxy groups -OCH3 is 2. The van der Waals surface area contributed by atoms with Gasteiger partial charge < -0.3 is 14.6 Å². The third-order valence-corrected chi connectivity index (χ3v) is 5.58. The van der Waals surface area contributed by atoms with E-state index in [1.54, 1.807) is 20.3 Å². The monoisotopic (exact) mass is 424 g/mol. The smallest absolute Gasteiger partial charge is 0.129 e. The molecule has 0 aromatic heterocycles. The lowest BCUT2D eigenvalue weighted by Gasteiger charge is -2.20. The van der Waals surface area contributed by atoms with E-state index in [-0.39, 0.29) is 0 Å². The molecule has 30 heavy (non-hydrogen) atoms. The Kier molecular flexibility index (Phi) is 8.74. The van der Waals surface area contributed by atoms with Gasteiger partial charge in [0.2, 0.25) is 0 Å². The first kappa shape index (κ1) is 23.8. The predicted octanol–water partition coefficient (Wildman–Crippen LogP) is 6.51. The van der Waals surface area contributed by atoms with Crippen LogP contribution in [0.1, 0.15) is 50.7 Å². The molecule has 1 unspecified atom stereocenters. The van der Waals surface area contributed by atoms with Crippen molar-refractivity contribution in [2.45, 2.75) is 39.5 Å². The maximum atomic E-state index is 10.2. The summed E-state index contributed by atoms with van der Waals surface area (Å²) in [5.74, 6) is 2.89. The van der Waals surface area contributed by atoms with Crippen LogP contribution in [0.3, 0.4) is 0 Å². The van der Waals surface area contributed by atoms with E-state index < -0.39 is 0 Å². The first-order chi connectivity index (χ1) is 14.3. The van der Waals surface area contributed by atoms with Crippen LogP contribution in [0.15, 0.2) is 60.7 Å². The summed E-state index contributed by atoms with van der Waals surface area (Å²) in [6.45, 7) is 8.79. The van der Waals surface area contributed by atoms with Gasteiger partial charge in [-0.2, -0.15) is 0 Å². The summed E-state index contributed by atoms with van der Waals surface area (Å²) < 4.78 is 10.2. The van der Waals surface area contributed by atoms with E-state index >= 15 is 0 Å². The van der Waals surface area contributed by atoms with Gasteiger partial charge in [0.05, 0.1) is 19.5 Å². The van der Waals surface area contributed by atoms with E-state index in [0.29, 0.717) is 17.6 Å². The molecule has 0 radical (unpaired) electrons. The normalized spacial score (nSPS) is 10.6. The van der Waals surface area contributed by atoms with Crippen LogP contribution in [0, 0.1) is 0 Å². The lowest BCUT2D eigenvalue weighted by atomic mass is 9.85. The van der Waals surface area contributed by atoms with Gasteiger partial charge in [0.1, 0.15) is 17.2 Å². The molecule has 3 rings (SSSR count). The zero-order valence-electron chi connectivity index (χ0n) is 18.8. The van der Waals surface area contributed by atoms with Crippen LogP contribution in [0.25, 0.3) is 11.1 Å². The van der Waals surface area contributed by atoms with Gasteiger partial charge in [0.25, 0.3) is 0 Å². The van der Waals surface area contributed by atoms with Crippen LogP contribution in [0.4, 0.5) is 0 Å². The summed E-state index contributed by atoms with van der Waals surface area (Å²) >= 11 is 0. The predicted molar refractivity (Wildman–Crippen MR) is 131 cm³/mol. The molecular formula is C26H33O3P. The minimum absolute atomic E-state index is 0.359. The lowest BCUT2D eigenvalue weighted by molar-refractivity contribution is 0.401. The zero-order valence-corrected chi connectivity index (χ0v) is 19.9. The van der Waals surface area contributed by atoms with Gasteiger partial charge in [0.15, 0.2) is 0 Å². The van der Waals surface area contributed by atoms with Crippen molar-refractivity contribution in [1.29, 1.82) is 0 Å². The fourth-order valence-electron chi connectivity index (χ4n) is 3.43. The Morgan fingerprint density at radius 3 is 1.60 bits per heavy atom. The van der Waals surface area contributed by atoms with E-state index in [2.05, 4.69) is 55.1 Å². The molecule has 3 aromatic rings. The number of phenolic OH excluding ortho intramolecular Hbond substituents is 1. The first-order valence-corrected chi connectivity index (χ1v) is 10.8. The van der Waals surface area contributed by atoms with Crippen LogP contribution in [-0.4, -0.2) is 19.3 Å². The summed E-state index contributed by atoms with van der Waals surface area (Å²) in [5, 5.41) is 11.1. The molecule has 4 heteroatoms. The van der Waals surface area contributed by atoms with E-state index in [1.807, 2.05) is 36.4 Å². The maximum Gasteiger partial charge on any atom is 0.129 e. The average Bonchev–Trinajstić information content (AvgIpc) is 2.74. The van der Waals surface area contributed by atoms with Gasteiger partial charge in [-0.25, -0.2) is 0 Å². The molecule has 0 aliphatic rings. The van der Waals surface area contributed by atoms with Crippen LogP contribution >= 0.6 is 9.24 Å². The van der Waals surface area contributed by atoms with Crippen molar-refractivity contribution < 1.29 is 14.6 Å². The molecule has 0 saturated heterocycles. The van der Waals surface area contributed by atoms with Crippen LogP contribution < -0.4 is 14.8 Å². The minimum Gasteiger partial charge on any atom is -0.507 e. The van der Waals surface area contributed by atoms with Crippen LogP contribution in [0.5, 0.6) is 17.2 Å². The molecule has 0 heterocycles. The second-order valence-electron chi connectivity index (χ2n) is 7.71. The quantitative estimate of drug-likeness (QED) is 0.475. The highest BCUT2D eigenvalue weighted by Crippen LogP contribution is 2.39. The van der Waals surface area contributed by atoms with Crippen molar-refractivity contribution >= 4 is 14.5 Å². The molecule has 0 amide bonds. The Morgan fingerprint density at radius 2 is 1.17 bits per heavy atom. The van der Waals surface area contributed by atoms with Crippen LogP contribution in [-0.2, 0) is 0 Å². The molecule has 1 atom stereocenters. The van der Waals surface area contributed by atoms with Gasteiger partial charge in [0, 0.05) is 5.56 Å². The Morgan fingerprint density at radius 1 is 0.700 bits per heavy atom. The average molecular weight is 425 g/mol. The van der Waals surface area contributed by atoms with Gasteiger partial charge in [-0.1, -0.05) is 79.4 Å². The number of rotatable bonds is 5. The number of phenols is 1. The zero-order chi connectivity index (χ0) is 22.3. The van der Waals surface area contributed by atoms with Gasteiger partial charge >= 0.3 is 0 Å². The molecule has 0 fully saturated rings. The fourth-order valence-corrected chi connectivity index (χ4v) is 3.86. The Balaban J connectivity index is 0.000000248. The van der Waals surface area contributed by atoms with E-state index in [9.17, 15) is 5.11 Å². The van der Waals surface area contributed by atoms with Gasteiger partial charge in [-0.3, -0.25) is 0 Å². The van der Waals surface area contributed by atoms with Crippen molar-refractivity contribution in [1.82, 2.24) is 0 Å². The second-order valence-corrected chi connectivity index (χ2v) is 8.29. The number of hydrogen-bond acceptors (Lipinski definition) is 3. The first-order valence-electron chi connectivity index (χ1n) is 10.2. The number of hydrogen-bond donors (Lipinski definition) is 1. The summed E-state index contributed by atoms with van der Waals surface area (Å²) in [7, 11) is 5.87. The van der Waals surface area contributed by atoms with E-state index in [0.717, 1.165) is 22.4 Å². The van der Waals surface area contributed by atoms with E-state index in [1.165, 1.54) is 16.7 Å². The largest absolute Gasteiger partial charge is 0.507 e. The summed E-state index contributed by atoms with van der Waals surface area (Å²) in [4.78, 5) is 0. The topological polar surface area (TPSA) is 38.7 Å². The minimum atomic E-state index is 0.359. The summed E-state index contributed by atoms with van der Waals surface area (Å²) in [6, 6.07) is 19.7. The third-order valence-electron chi connectivity index (χ3n) is 5.01. The SMILES string of the molecule is CC(C)c1cccc(C(C)C)c1-c1ccccc1O.COc1cccc(OC)c1P. The number of ether oxygens (including phenoxy) is 2. The Labute approximate surface area is 183 Å². The van der Waals surface area contributed by atoms with E-state index in [4.69, 9.17) is 9.47 Å². The molecule has 0 aliphatic carbocycles. The highest BCUT2D eigenvalue weighted by molar-refractivity contribution is 7.28. The molecule has 0 aliphatic heterocycles. The summed E-state index contributed by atoms with van der Waals surface area (Å²) in [5.41, 5.74) is 4.74. The van der Waals surface area contributed by atoms with Crippen molar-refractivity contribution in [2.24, 2.45) is 0 Å². The fraction of sp³-hybridized carbons (Fsp3) is 0.308. The number of para-hydroxylation sites is 1. The number of aromatic hydroxyl groups is 1. The van der Waals surface area contributed by atoms with Crippen molar-refractivity contribution in [3.63, 3.8) is 0 Å². The van der Waals surface area contributed by atoms with Crippen molar-refractivity contribution in [3.05, 3.63) is 71.8 Å². The van der Waals surface area contributed by atoms with Gasteiger partial charge in [-0.05, 0) is 46.7 Å². The maximum absolute atomic E-state index is 10.2. The standard InChI is InChI=1S/C18H22O.C8H11O2P/c1-12(2)14-9-7-10-15(13(3)4)18(14)16-8-5-6-11-17(16)19;1-9-6-4-3-5-7(10-2)8(6)11/h5-13,19H,1-4H3;3-5H,11H2,1-2H3. The molecule has 0 bridgehead atoms. The highest BCUT2D eigenvalue weighted by atomic mass is 31.0. The van der Waals surface area contributed by atoms with Gasteiger partial charge in [-0.15, -0.1) is 0 Å². The van der Waals surface area contributed by atoms with Crippen molar-refractivity contribution in [2.75, 3.05) is 14.2 Å². The van der Waals surface area contributed by atoms with Crippen molar-refractivity contribution in [3.8, 4) is 28.4 Å². The molecule has 160 valence electrons.